The molecule has 2 rings (SSSR count). The standard InChI is InChI=1S/C13H16N2OS2/c1-2-3-4-7-12(16)15-13-14-10(9-18-13)11-6-5-8-17-11/h5-6,8-9H,2-4,7H2,1H3,(H,14,15,16). The average molecular weight is 280 g/mol. The van der Waals surface area contributed by atoms with Gasteiger partial charge in [-0.3, -0.25) is 4.79 Å². The van der Waals surface area contributed by atoms with E-state index in [0.29, 0.717) is 11.6 Å². The quantitative estimate of drug-likeness (QED) is 0.797. The fourth-order valence-electron chi connectivity index (χ4n) is 1.59. The molecule has 2 aromatic heterocycles. The summed E-state index contributed by atoms with van der Waals surface area (Å²) < 4.78 is 0. The highest BCUT2D eigenvalue weighted by molar-refractivity contribution is 7.16. The zero-order valence-electron chi connectivity index (χ0n) is 10.3. The molecule has 0 saturated carbocycles. The van der Waals surface area contributed by atoms with Gasteiger partial charge in [-0.1, -0.05) is 25.8 Å². The molecule has 0 saturated heterocycles. The summed E-state index contributed by atoms with van der Waals surface area (Å²) in [7, 11) is 0. The number of thiophene rings is 1. The molecule has 0 fully saturated rings. The first-order chi connectivity index (χ1) is 8.79. The molecule has 0 bridgehead atoms. The van der Waals surface area contributed by atoms with Crippen LogP contribution in [0.25, 0.3) is 10.6 Å². The van der Waals surface area contributed by atoms with Crippen LogP contribution in [0.4, 0.5) is 5.13 Å². The maximum absolute atomic E-state index is 11.6. The monoisotopic (exact) mass is 280 g/mol. The summed E-state index contributed by atoms with van der Waals surface area (Å²) in [5.41, 5.74) is 0.943. The molecule has 0 aliphatic carbocycles. The molecule has 1 amide bonds. The number of anilines is 1. The highest BCUT2D eigenvalue weighted by atomic mass is 32.1. The van der Waals surface area contributed by atoms with Crippen molar-refractivity contribution in [1.29, 1.82) is 0 Å². The molecule has 2 aromatic rings. The molecule has 96 valence electrons. The van der Waals surface area contributed by atoms with Crippen molar-refractivity contribution >= 4 is 33.7 Å². The van der Waals surface area contributed by atoms with Crippen molar-refractivity contribution in [3.63, 3.8) is 0 Å². The third kappa shape index (κ3) is 3.65. The molecule has 0 radical (unpaired) electrons. The summed E-state index contributed by atoms with van der Waals surface area (Å²) in [6.07, 6.45) is 3.77. The minimum absolute atomic E-state index is 0.0653. The van der Waals surface area contributed by atoms with Crippen molar-refractivity contribution in [2.24, 2.45) is 0 Å². The minimum Gasteiger partial charge on any atom is -0.302 e. The summed E-state index contributed by atoms with van der Waals surface area (Å²) in [5.74, 6) is 0.0653. The molecular formula is C13H16N2OS2. The predicted molar refractivity (Wildman–Crippen MR) is 78.2 cm³/mol. The first-order valence-corrected chi connectivity index (χ1v) is 7.84. The molecule has 0 aromatic carbocycles. The molecule has 0 atom stereocenters. The van der Waals surface area contributed by atoms with Crippen LogP contribution in [0.2, 0.25) is 0 Å². The molecule has 2 heterocycles. The molecule has 5 heteroatoms. The number of amides is 1. The van der Waals surface area contributed by atoms with Crippen molar-refractivity contribution < 1.29 is 4.79 Å². The normalized spacial score (nSPS) is 10.5. The topological polar surface area (TPSA) is 42.0 Å². The number of thiazole rings is 1. The number of carbonyl (C=O) groups is 1. The lowest BCUT2D eigenvalue weighted by atomic mass is 10.2. The Morgan fingerprint density at radius 2 is 2.28 bits per heavy atom. The fourth-order valence-corrected chi connectivity index (χ4v) is 3.07. The number of unbranched alkanes of at least 4 members (excludes halogenated alkanes) is 2. The Morgan fingerprint density at radius 3 is 3.00 bits per heavy atom. The summed E-state index contributed by atoms with van der Waals surface area (Å²) in [6, 6.07) is 4.04. The summed E-state index contributed by atoms with van der Waals surface area (Å²) in [4.78, 5) is 17.2. The Labute approximate surface area is 115 Å². The minimum atomic E-state index is 0.0653. The van der Waals surface area contributed by atoms with Crippen molar-refractivity contribution in [3.8, 4) is 10.6 Å². The second-order valence-corrected chi connectivity index (χ2v) is 5.83. The molecule has 1 N–H and O–H groups in total. The van der Waals surface area contributed by atoms with Gasteiger partial charge in [-0.05, 0) is 17.9 Å². The van der Waals surface area contributed by atoms with Gasteiger partial charge in [0, 0.05) is 11.8 Å². The van der Waals surface area contributed by atoms with Gasteiger partial charge in [-0.15, -0.1) is 22.7 Å². The summed E-state index contributed by atoms with van der Waals surface area (Å²) in [5, 5.41) is 7.56. The van der Waals surface area contributed by atoms with E-state index in [-0.39, 0.29) is 5.91 Å². The molecule has 18 heavy (non-hydrogen) atoms. The van der Waals surface area contributed by atoms with Crippen molar-refractivity contribution in [3.05, 3.63) is 22.9 Å². The van der Waals surface area contributed by atoms with Gasteiger partial charge < -0.3 is 5.32 Å². The lowest BCUT2D eigenvalue weighted by molar-refractivity contribution is -0.116. The molecule has 0 unspecified atom stereocenters. The third-order valence-electron chi connectivity index (χ3n) is 2.53. The molecular weight excluding hydrogens is 264 g/mol. The zero-order valence-corrected chi connectivity index (χ0v) is 11.9. The maximum Gasteiger partial charge on any atom is 0.226 e. The van der Waals surface area contributed by atoms with E-state index >= 15 is 0 Å². The van der Waals surface area contributed by atoms with Crippen molar-refractivity contribution in [2.75, 3.05) is 5.32 Å². The Hall–Kier alpha value is -1.20. The van der Waals surface area contributed by atoms with Crippen LogP contribution in [0.3, 0.4) is 0 Å². The lowest BCUT2D eigenvalue weighted by Gasteiger charge is -2.00. The fraction of sp³-hybridized carbons (Fsp3) is 0.385. The van der Waals surface area contributed by atoms with Gasteiger partial charge in [0.15, 0.2) is 5.13 Å². The van der Waals surface area contributed by atoms with Gasteiger partial charge in [0.05, 0.1) is 10.6 Å². The second-order valence-electron chi connectivity index (χ2n) is 4.02. The van der Waals surface area contributed by atoms with E-state index in [1.165, 1.54) is 11.3 Å². The van der Waals surface area contributed by atoms with Gasteiger partial charge >= 0.3 is 0 Å². The average Bonchev–Trinajstić information content (AvgIpc) is 2.98. The first kappa shape index (κ1) is 13.2. The van der Waals surface area contributed by atoms with E-state index in [0.717, 1.165) is 29.8 Å². The van der Waals surface area contributed by atoms with Crippen LogP contribution >= 0.6 is 22.7 Å². The van der Waals surface area contributed by atoms with E-state index in [1.807, 2.05) is 22.9 Å². The molecule has 0 aliphatic rings. The number of hydrogen-bond donors (Lipinski definition) is 1. The van der Waals surface area contributed by atoms with E-state index in [4.69, 9.17) is 0 Å². The van der Waals surface area contributed by atoms with Crippen molar-refractivity contribution in [1.82, 2.24) is 4.98 Å². The largest absolute Gasteiger partial charge is 0.302 e. The Kier molecular flexibility index (Phi) is 4.90. The van der Waals surface area contributed by atoms with Crippen LogP contribution in [-0.4, -0.2) is 10.9 Å². The van der Waals surface area contributed by atoms with Gasteiger partial charge in [0.25, 0.3) is 0 Å². The number of carbonyl (C=O) groups excluding carboxylic acids is 1. The highest BCUT2D eigenvalue weighted by Gasteiger charge is 2.08. The van der Waals surface area contributed by atoms with E-state index in [1.54, 1.807) is 11.3 Å². The SMILES string of the molecule is CCCCCC(=O)Nc1nc(-c2cccs2)cs1. The van der Waals surface area contributed by atoms with Crippen LogP contribution in [0, 0.1) is 0 Å². The second kappa shape index (κ2) is 6.66. The van der Waals surface area contributed by atoms with Crippen LogP contribution < -0.4 is 5.32 Å². The van der Waals surface area contributed by atoms with Crippen LogP contribution in [0.1, 0.15) is 32.6 Å². The van der Waals surface area contributed by atoms with E-state index < -0.39 is 0 Å². The van der Waals surface area contributed by atoms with E-state index in [9.17, 15) is 4.79 Å². The molecule has 0 aliphatic heterocycles. The molecule has 3 nitrogen and oxygen atoms in total. The predicted octanol–water partition coefficient (Wildman–Crippen LogP) is 4.39. The van der Waals surface area contributed by atoms with Crippen molar-refractivity contribution in [2.45, 2.75) is 32.6 Å². The van der Waals surface area contributed by atoms with Crippen LogP contribution in [0.15, 0.2) is 22.9 Å². The van der Waals surface area contributed by atoms with Gasteiger partial charge in [0.2, 0.25) is 5.91 Å². The number of aromatic nitrogens is 1. The number of rotatable bonds is 6. The summed E-state index contributed by atoms with van der Waals surface area (Å²) >= 11 is 3.14. The number of nitrogens with zero attached hydrogens (tertiary/aromatic N) is 1. The Morgan fingerprint density at radius 1 is 1.39 bits per heavy atom. The third-order valence-corrected chi connectivity index (χ3v) is 4.18. The maximum atomic E-state index is 11.6. The smallest absolute Gasteiger partial charge is 0.226 e. The van der Waals surface area contributed by atoms with Gasteiger partial charge in [-0.2, -0.15) is 0 Å². The zero-order chi connectivity index (χ0) is 12.8. The van der Waals surface area contributed by atoms with E-state index in [2.05, 4.69) is 17.2 Å². The number of hydrogen-bond acceptors (Lipinski definition) is 4. The lowest BCUT2D eigenvalue weighted by Crippen LogP contribution is -2.10. The molecule has 0 spiro atoms. The summed E-state index contributed by atoms with van der Waals surface area (Å²) in [6.45, 7) is 2.13. The van der Waals surface area contributed by atoms with Gasteiger partial charge in [-0.25, -0.2) is 4.98 Å². The Balaban J connectivity index is 1.89. The first-order valence-electron chi connectivity index (χ1n) is 6.09. The Bertz CT molecular complexity index is 491. The highest BCUT2D eigenvalue weighted by Crippen LogP contribution is 2.28. The van der Waals surface area contributed by atoms with Gasteiger partial charge in [0.1, 0.15) is 0 Å². The number of nitrogens with one attached hydrogen (secondary N) is 1. The van der Waals surface area contributed by atoms with Crippen LogP contribution in [-0.2, 0) is 4.79 Å². The van der Waals surface area contributed by atoms with Crippen LogP contribution in [0.5, 0.6) is 0 Å².